The van der Waals surface area contributed by atoms with Crippen LogP contribution in [0.15, 0.2) is 21.1 Å². The van der Waals surface area contributed by atoms with Crippen LogP contribution in [-0.2, 0) is 0 Å². The maximum Gasteiger partial charge on any atom is 0.0507 e. The van der Waals surface area contributed by atoms with Gasteiger partial charge < -0.3 is 11.1 Å². The van der Waals surface area contributed by atoms with Crippen LogP contribution in [0.3, 0.4) is 0 Å². The van der Waals surface area contributed by atoms with E-state index in [1.54, 1.807) is 0 Å². The molecular weight excluding hydrogens is 394 g/mol. The van der Waals surface area contributed by atoms with Gasteiger partial charge in [0.05, 0.1) is 5.69 Å². The van der Waals surface area contributed by atoms with E-state index in [4.69, 9.17) is 5.73 Å². The number of rotatable bonds is 6. The van der Waals surface area contributed by atoms with Crippen LogP contribution in [0, 0.1) is 0 Å². The first kappa shape index (κ1) is 17.3. The largest absolute Gasteiger partial charge is 0.398 e. The fourth-order valence-corrected chi connectivity index (χ4v) is 4.25. The average Bonchev–Trinajstić information content (AvgIpc) is 2.49. The summed E-state index contributed by atoms with van der Waals surface area (Å²) in [6, 6.07) is 4.64. The summed E-state index contributed by atoms with van der Waals surface area (Å²) in [5, 5.41) is 3.43. The standard InChI is InChI=1S/C16H25Br2N3/c1-2-3-4-5-15(21-8-6-20-7-9-21)13-10-12(17)11-14(18)16(13)19/h10-11,15,20H,2-9,19H2,1H3/t15-/m1/s1. The van der Waals surface area contributed by atoms with Crippen molar-refractivity contribution in [3.63, 3.8) is 0 Å². The van der Waals surface area contributed by atoms with E-state index in [2.05, 4.69) is 55.1 Å². The highest BCUT2D eigenvalue weighted by Gasteiger charge is 2.24. The zero-order chi connectivity index (χ0) is 15.2. The van der Waals surface area contributed by atoms with Crippen LogP contribution in [-0.4, -0.2) is 31.1 Å². The Morgan fingerprint density at radius 1 is 1.24 bits per heavy atom. The summed E-state index contributed by atoms with van der Waals surface area (Å²) < 4.78 is 2.08. The van der Waals surface area contributed by atoms with Crippen molar-refractivity contribution >= 4 is 37.5 Å². The van der Waals surface area contributed by atoms with E-state index in [-0.39, 0.29) is 0 Å². The van der Waals surface area contributed by atoms with Crippen molar-refractivity contribution in [3.8, 4) is 0 Å². The highest BCUT2D eigenvalue weighted by atomic mass is 79.9. The molecule has 1 saturated heterocycles. The smallest absolute Gasteiger partial charge is 0.0507 e. The molecule has 1 aliphatic rings. The van der Waals surface area contributed by atoms with Crippen molar-refractivity contribution in [2.45, 2.75) is 38.6 Å². The van der Waals surface area contributed by atoms with Crippen molar-refractivity contribution in [2.75, 3.05) is 31.9 Å². The molecule has 0 saturated carbocycles. The van der Waals surface area contributed by atoms with Gasteiger partial charge in [-0.2, -0.15) is 0 Å². The van der Waals surface area contributed by atoms with Crippen molar-refractivity contribution in [2.24, 2.45) is 0 Å². The van der Waals surface area contributed by atoms with Crippen LogP contribution < -0.4 is 11.1 Å². The molecule has 1 aromatic rings. The van der Waals surface area contributed by atoms with Gasteiger partial charge in [-0.05, 0) is 40.0 Å². The average molecular weight is 419 g/mol. The van der Waals surface area contributed by atoms with E-state index in [9.17, 15) is 0 Å². The number of halogens is 2. The Morgan fingerprint density at radius 2 is 1.95 bits per heavy atom. The third kappa shape index (κ3) is 4.68. The number of benzene rings is 1. The zero-order valence-corrected chi connectivity index (χ0v) is 15.8. The molecule has 0 unspecified atom stereocenters. The lowest BCUT2D eigenvalue weighted by Gasteiger charge is -2.36. The molecular formula is C16H25Br2N3. The minimum atomic E-state index is 0.424. The lowest BCUT2D eigenvalue weighted by Crippen LogP contribution is -2.45. The van der Waals surface area contributed by atoms with Crippen molar-refractivity contribution in [3.05, 3.63) is 26.6 Å². The van der Waals surface area contributed by atoms with Gasteiger partial charge in [-0.15, -0.1) is 0 Å². The van der Waals surface area contributed by atoms with Crippen molar-refractivity contribution < 1.29 is 0 Å². The number of hydrogen-bond acceptors (Lipinski definition) is 3. The Labute approximate surface area is 144 Å². The third-order valence-corrected chi connectivity index (χ3v) is 5.27. The number of anilines is 1. The van der Waals surface area contributed by atoms with Crippen LogP contribution in [0.2, 0.25) is 0 Å². The Balaban J connectivity index is 2.24. The molecule has 0 radical (unpaired) electrons. The topological polar surface area (TPSA) is 41.3 Å². The number of piperazine rings is 1. The molecule has 1 aromatic carbocycles. The molecule has 1 aliphatic heterocycles. The number of nitrogen functional groups attached to an aromatic ring is 1. The van der Waals surface area contributed by atoms with Gasteiger partial charge in [0, 0.05) is 41.2 Å². The number of hydrogen-bond donors (Lipinski definition) is 2. The minimum Gasteiger partial charge on any atom is -0.398 e. The summed E-state index contributed by atoms with van der Waals surface area (Å²) in [6.45, 7) is 6.59. The van der Waals surface area contributed by atoms with E-state index in [0.29, 0.717) is 6.04 Å². The van der Waals surface area contributed by atoms with E-state index in [1.807, 2.05) is 6.07 Å². The van der Waals surface area contributed by atoms with Gasteiger partial charge in [0.1, 0.15) is 0 Å². The number of nitrogens with one attached hydrogen (secondary N) is 1. The van der Waals surface area contributed by atoms with Gasteiger partial charge in [0.25, 0.3) is 0 Å². The molecule has 0 bridgehead atoms. The second-order valence-electron chi connectivity index (χ2n) is 5.69. The second kappa shape index (κ2) is 8.51. The molecule has 0 aliphatic carbocycles. The van der Waals surface area contributed by atoms with Crippen LogP contribution in [0.4, 0.5) is 5.69 Å². The van der Waals surface area contributed by atoms with Crippen molar-refractivity contribution in [1.29, 1.82) is 0 Å². The number of nitrogens with zero attached hydrogens (tertiary/aromatic N) is 1. The van der Waals surface area contributed by atoms with Crippen molar-refractivity contribution in [1.82, 2.24) is 10.2 Å². The highest BCUT2D eigenvalue weighted by Crippen LogP contribution is 2.37. The van der Waals surface area contributed by atoms with Gasteiger partial charge in [0.15, 0.2) is 0 Å². The summed E-state index contributed by atoms with van der Waals surface area (Å²) in [4.78, 5) is 2.58. The van der Waals surface area contributed by atoms with Gasteiger partial charge in [-0.25, -0.2) is 0 Å². The van der Waals surface area contributed by atoms with E-state index >= 15 is 0 Å². The maximum atomic E-state index is 6.35. The van der Waals surface area contributed by atoms with Gasteiger partial charge in [-0.3, -0.25) is 4.90 Å². The Bertz CT molecular complexity index is 459. The molecule has 3 nitrogen and oxygen atoms in total. The summed E-state index contributed by atoms with van der Waals surface area (Å²) in [5.74, 6) is 0. The molecule has 21 heavy (non-hydrogen) atoms. The fourth-order valence-electron chi connectivity index (χ4n) is 3.00. The Hall–Kier alpha value is -0.100. The fraction of sp³-hybridized carbons (Fsp3) is 0.625. The van der Waals surface area contributed by atoms with E-state index in [0.717, 1.165) is 40.8 Å². The van der Waals surface area contributed by atoms with Crippen LogP contribution in [0.25, 0.3) is 0 Å². The molecule has 2 rings (SSSR count). The Kier molecular flexibility index (Phi) is 6.99. The van der Waals surface area contributed by atoms with Crippen LogP contribution in [0.5, 0.6) is 0 Å². The first-order valence-corrected chi connectivity index (χ1v) is 9.41. The SMILES string of the molecule is CCCCC[C@H](c1cc(Br)cc(Br)c1N)N1CCNCC1. The van der Waals surface area contributed by atoms with E-state index < -0.39 is 0 Å². The first-order valence-electron chi connectivity index (χ1n) is 7.82. The second-order valence-corrected chi connectivity index (χ2v) is 7.46. The molecule has 0 amide bonds. The molecule has 5 heteroatoms. The monoisotopic (exact) mass is 417 g/mol. The minimum absolute atomic E-state index is 0.424. The zero-order valence-electron chi connectivity index (χ0n) is 12.7. The lowest BCUT2D eigenvalue weighted by molar-refractivity contribution is 0.163. The number of unbranched alkanes of at least 4 members (excludes halogenated alkanes) is 2. The Morgan fingerprint density at radius 3 is 2.62 bits per heavy atom. The summed E-state index contributed by atoms with van der Waals surface area (Å²) >= 11 is 7.19. The molecule has 1 fully saturated rings. The van der Waals surface area contributed by atoms with Gasteiger partial charge in [-0.1, -0.05) is 42.1 Å². The maximum absolute atomic E-state index is 6.35. The first-order chi connectivity index (χ1) is 10.1. The molecule has 118 valence electrons. The van der Waals surface area contributed by atoms with Crippen LogP contribution >= 0.6 is 31.9 Å². The quantitative estimate of drug-likeness (QED) is 0.533. The van der Waals surface area contributed by atoms with Gasteiger partial charge >= 0.3 is 0 Å². The summed E-state index contributed by atoms with van der Waals surface area (Å²) in [7, 11) is 0. The van der Waals surface area contributed by atoms with E-state index in [1.165, 1.54) is 31.2 Å². The molecule has 1 heterocycles. The summed E-state index contributed by atoms with van der Waals surface area (Å²) in [5.41, 5.74) is 8.50. The highest BCUT2D eigenvalue weighted by molar-refractivity contribution is 9.11. The summed E-state index contributed by atoms with van der Waals surface area (Å²) in [6.07, 6.45) is 4.99. The lowest BCUT2D eigenvalue weighted by atomic mass is 9.96. The number of nitrogens with two attached hydrogens (primary N) is 1. The normalized spacial score (nSPS) is 17.9. The molecule has 0 aromatic heterocycles. The predicted octanol–water partition coefficient (Wildman–Crippen LogP) is 4.32. The molecule has 3 N–H and O–H groups in total. The third-order valence-electron chi connectivity index (χ3n) is 4.16. The molecule has 0 spiro atoms. The van der Waals surface area contributed by atoms with Crippen LogP contribution in [0.1, 0.15) is 44.2 Å². The van der Waals surface area contributed by atoms with Gasteiger partial charge in [0.2, 0.25) is 0 Å². The molecule has 1 atom stereocenters. The predicted molar refractivity (Wildman–Crippen MR) is 97.6 cm³/mol.